The van der Waals surface area contributed by atoms with E-state index in [2.05, 4.69) is 39.6 Å². The lowest BCUT2D eigenvalue weighted by atomic mass is 9.96. The molecule has 0 bridgehead atoms. The highest BCUT2D eigenvalue weighted by atomic mass is 127. The summed E-state index contributed by atoms with van der Waals surface area (Å²) in [5.74, 6) is 2.36. The van der Waals surface area contributed by atoms with Gasteiger partial charge in [0.2, 0.25) is 5.91 Å². The summed E-state index contributed by atoms with van der Waals surface area (Å²) in [6.45, 7) is 5.64. The van der Waals surface area contributed by atoms with Crippen LogP contribution in [-0.4, -0.2) is 50.1 Å². The van der Waals surface area contributed by atoms with Gasteiger partial charge >= 0.3 is 0 Å². The molecule has 0 unspecified atom stereocenters. The Hall–Kier alpha value is -2.56. The van der Waals surface area contributed by atoms with E-state index in [1.165, 1.54) is 0 Å². The molecule has 180 valence electrons. The molecule has 2 aromatic rings. The van der Waals surface area contributed by atoms with Gasteiger partial charge in [-0.15, -0.1) is 24.0 Å². The number of hydrogen-bond acceptors (Lipinski definition) is 5. The van der Waals surface area contributed by atoms with Gasteiger partial charge in [0.05, 0.1) is 13.7 Å². The van der Waals surface area contributed by atoms with E-state index in [9.17, 15) is 4.79 Å². The van der Waals surface area contributed by atoms with E-state index < -0.39 is 0 Å². The van der Waals surface area contributed by atoms with Crippen LogP contribution in [0.4, 0.5) is 5.82 Å². The summed E-state index contributed by atoms with van der Waals surface area (Å²) >= 11 is 0. The number of amides is 1. The van der Waals surface area contributed by atoms with Gasteiger partial charge in [0.1, 0.15) is 11.6 Å². The molecule has 1 amide bonds. The molecule has 3 rings (SSSR count). The zero-order chi connectivity index (χ0) is 22.8. The van der Waals surface area contributed by atoms with Crippen molar-refractivity contribution in [3.8, 4) is 5.75 Å². The molecule has 0 atom stereocenters. The van der Waals surface area contributed by atoms with Crippen LogP contribution in [0.15, 0.2) is 47.6 Å². The predicted octanol–water partition coefficient (Wildman–Crippen LogP) is 2.71. The van der Waals surface area contributed by atoms with E-state index in [0.717, 1.165) is 74.1 Å². The van der Waals surface area contributed by atoms with Gasteiger partial charge in [-0.2, -0.15) is 0 Å². The Morgan fingerprint density at radius 1 is 1.18 bits per heavy atom. The van der Waals surface area contributed by atoms with E-state index in [4.69, 9.17) is 15.5 Å². The number of aromatic nitrogens is 1. The Kier molecular flexibility index (Phi) is 11.2. The summed E-state index contributed by atoms with van der Waals surface area (Å²) in [5, 5.41) is 6.71. The molecule has 1 saturated heterocycles. The first-order valence-corrected chi connectivity index (χ1v) is 11.2. The van der Waals surface area contributed by atoms with Crippen molar-refractivity contribution < 1.29 is 9.53 Å². The number of aliphatic imine (C=N–C) groups is 1. The maximum Gasteiger partial charge on any atom is 0.220 e. The number of nitrogens with two attached hydrogens (primary N) is 1. The Morgan fingerprint density at radius 2 is 1.91 bits per heavy atom. The van der Waals surface area contributed by atoms with Gasteiger partial charge in [0, 0.05) is 43.9 Å². The van der Waals surface area contributed by atoms with Gasteiger partial charge in [-0.25, -0.2) is 9.98 Å². The molecule has 4 N–H and O–H groups in total. The molecule has 0 saturated carbocycles. The number of hydrogen-bond donors (Lipinski definition) is 3. The fourth-order valence-corrected chi connectivity index (χ4v) is 3.95. The Morgan fingerprint density at radius 3 is 2.61 bits per heavy atom. The summed E-state index contributed by atoms with van der Waals surface area (Å²) in [6.07, 6.45) is 4.17. The number of piperidine rings is 1. The topological polar surface area (TPSA) is 105 Å². The van der Waals surface area contributed by atoms with Gasteiger partial charge in [-0.1, -0.05) is 24.3 Å². The molecule has 0 radical (unpaired) electrons. The first-order chi connectivity index (χ1) is 15.6. The van der Waals surface area contributed by atoms with Crippen molar-refractivity contribution >= 4 is 41.7 Å². The van der Waals surface area contributed by atoms with Crippen LogP contribution in [-0.2, 0) is 17.8 Å². The lowest BCUT2D eigenvalue weighted by molar-refractivity contribution is -0.122. The van der Waals surface area contributed by atoms with Gasteiger partial charge < -0.3 is 26.0 Å². The summed E-state index contributed by atoms with van der Waals surface area (Å²) < 4.78 is 5.44. The van der Waals surface area contributed by atoms with Crippen molar-refractivity contribution in [1.82, 2.24) is 15.6 Å². The number of primary amides is 1. The predicted molar refractivity (Wildman–Crippen MR) is 143 cm³/mol. The van der Waals surface area contributed by atoms with Crippen LogP contribution in [0.25, 0.3) is 0 Å². The third-order valence-corrected chi connectivity index (χ3v) is 5.70. The number of rotatable bonds is 9. The summed E-state index contributed by atoms with van der Waals surface area (Å²) in [7, 11) is 1.69. The molecule has 0 aliphatic carbocycles. The number of nitrogens with zero attached hydrogens (tertiary/aromatic N) is 3. The van der Waals surface area contributed by atoms with Crippen molar-refractivity contribution in [2.24, 2.45) is 16.6 Å². The number of carbonyl (C=O) groups is 1. The molecular weight excluding hydrogens is 531 g/mol. The number of benzene rings is 1. The van der Waals surface area contributed by atoms with E-state index in [1.54, 1.807) is 13.3 Å². The second kappa shape index (κ2) is 13.9. The number of pyridine rings is 1. The molecule has 0 spiro atoms. The lowest BCUT2D eigenvalue weighted by Gasteiger charge is -2.32. The minimum atomic E-state index is -0.204. The minimum absolute atomic E-state index is 0. The van der Waals surface area contributed by atoms with Crippen molar-refractivity contribution in [2.45, 2.75) is 32.7 Å². The van der Waals surface area contributed by atoms with Crippen LogP contribution in [0.3, 0.4) is 0 Å². The SMILES string of the molecule is CCNC(=NCc1cccnc1N1CCC(C(N)=O)CC1)NCCc1ccccc1OC.I. The highest BCUT2D eigenvalue weighted by Gasteiger charge is 2.24. The number of halogens is 1. The molecule has 9 heteroatoms. The Balaban J connectivity index is 0.00000385. The molecule has 8 nitrogen and oxygen atoms in total. The zero-order valence-electron chi connectivity index (χ0n) is 19.4. The van der Waals surface area contributed by atoms with Gasteiger partial charge in [-0.05, 0) is 43.9 Å². The number of carbonyl (C=O) groups excluding carboxylic acids is 1. The first-order valence-electron chi connectivity index (χ1n) is 11.2. The number of para-hydroxylation sites is 1. The molecule has 1 aromatic heterocycles. The third kappa shape index (κ3) is 7.76. The molecule has 2 heterocycles. The third-order valence-electron chi connectivity index (χ3n) is 5.70. The number of methoxy groups -OCH3 is 1. The largest absolute Gasteiger partial charge is 0.496 e. The maximum atomic E-state index is 11.5. The number of nitrogens with one attached hydrogen (secondary N) is 2. The summed E-state index contributed by atoms with van der Waals surface area (Å²) in [4.78, 5) is 23.1. The summed E-state index contributed by atoms with van der Waals surface area (Å²) in [6, 6.07) is 12.0. The molecule has 33 heavy (non-hydrogen) atoms. The number of anilines is 1. The van der Waals surface area contributed by atoms with E-state index in [-0.39, 0.29) is 35.8 Å². The van der Waals surface area contributed by atoms with Crippen LogP contribution in [0.2, 0.25) is 0 Å². The standard InChI is InChI=1S/C24H34N6O2.HI/c1-3-26-24(28-14-10-18-7-4-5-9-21(18)32-2)29-17-20-8-6-13-27-23(20)30-15-11-19(12-16-30)22(25)31;/h4-9,13,19H,3,10-12,14-17H2,1-2H3,(H2,25,31)(H2,26,28,29);1H. The van der Waals surface area contributed by atoms with Gasteiger partial charge in [0.25, 0.3) is 0 Å². The average Bonchev–Trinajstić information content (AvgIpc) is 2.83. The highest BCUT2D eigenvalue weighted by Crippen LogP contribution is 2.25. The monoisotopic (exact) mass is 566 g/mol. The highest BCUT2D eigenvalue weighted by molar-refractivity contribution is 14.0. The molecule has 1 aliphatic rings. The van der Waals surface area contributed by atoms with Crippen molar-refractivity contribution in [1.29, 1.82) is 0 Å². The molecular formula is C24H35IN6O2. The van der Waals surface area contributed by atoms with E-state index in [1.807, 2.05) is 24.3 Å². The van der Waals surface area contributed by atoms with Crippen LogP contribution < -0.4 is 26.0 Å². The number of ether oxygens (including phenoxy) is 1. The zero-order valence-corrected chi connectivity index (χ0v) is 21.7. The van der Waals surface area contributed by atoms with Crippen molar-refractivity contribution in [2.75, 3.05) is 38.2 Å². The summed E-state index contributed by atoms with van der Waals surface area (Å²) in [5.41, 5.74) is 7.69. The fourth-order valence-electron chi connectivity index (χ4n) is 3.95. The van der Waals surface area contributed by atoms with Crippen LogP contribution >= 0.6 is 24.0 Å². The lowest BCUT2D eigenvalue weighted by Crippen LogP contribution is -2.39. The molecule has 1 fully saturated rings. The fraction of sp³-hybridized carbons (Fsp3) is 0.458. The molecule has 1 aromatic carbocycles. The second-order valence-electron chi connectivity index (χ2n) is 7.83. The maximum absolute atomic E-state index is 11.5. The smallest absolute Gasteiger partial charge is 0.220 e. The quantitative estimate of drug-likeness (QED) is 0.245. The van der Waals surface area contributed by atoms with E-state index in [0.29, 0.717) is 6.54 Å². The average molecular weight is 566 g/mol. The first kappa shape index (κ1) is 26.7. The Labute approximate surface area is 213 Å². The normalized spacial score (nSPS) is 14.4. The van der Waals surface area contributed by atoms with Gasteiger partial charge in [0.15, 0.2) is 5.96 Å². The van der Waals surface area contributed by atoms with Crippen LogP contribution in [0, 0.1) is 5.92 Å². The van der Waals surface area contributed by atoms with Gasteiger partial charge in [-0.3, -0.25) is 4.79 Å². The number of guanidine groups is 1. The van der Waals surface area contributed by atoms with E-state index >= 15 is 0 Å². The Bertz CT molecular complexity index is 915. The molecule has 1 aliphatic heterocycles. The second-order valence-corrected chi connectivity index (χ2v) is 7.83. The van der Waals surface area contributed by atoms with Crippen molar-refractivity contribution in [3.05, 3.63) is 53.7 Å². The minimum Gasteiger partial charge on any atom is -0.496 e. The van der Waals surface area contributed by atoms with Crippen LogP contribution in [0.1, 0.15) is 30.9 Å². The van der Waals surface area contributed by atoms with Crippen LogP contribution in [0.5, 0.6) is 5.75 Å². The van der Waals surface area contributed by atoms with Crippen molar-refractivity contribution in [3.63, 3.8) is 0 Å².